The van der Waals surface area contributed by atoms with E-state index >= 15 is 0 Å². The van der Waals surface area contributed by atoms with Crippen molar-refractivity contribution in [3.8, 4) is 0 Å². The molecule has 4 atom stereocenters. The van der Waals surface area contributed by atoms with Crippen molar-refractivity contribution in [2.45, 2.75) is 37.6 Å². The number of ether oxygens (including phenoxy) is 1. The Labute approximate surface area is 163 Å². The van der Waals surface area contributed by atoms with Crippen LogP contribution in [0.2, 0.25) is 0 Å². The Morgan fingerprint density at radius 3 is 2.64 bits per heavy atom. The van der Waals surface area contributed by atoms with E-state index in [2.05, 4.69) is 15.4 Å². The maximum atomic E-state index is 12.3. The molecule has 2 amide bonds. The van der Waals surface area contributed by atoms with Crippen molar-refractivity contribution < 1.29 is 19.1 Å². The number of esters is 1. The van der Waals surface area contributed by atoms with Gasteiger partial charge in [-0.3, -0.25) is 19.8 Å². The SMILES string of the molecule is COC(=O)C[C@@H]1C[C@@H](CCNC(=O)C2CC2c2ccc(C(=N)N)cc2)NC1=O. The number of nitrogens with one attached hydrogen (secondary N) is 3. The number of carbonyl (C=O) groups excluding carboxylic acids is 3. The van der Waals surface area contributed by atoms with Crippen LogP contribution in [0.5, 0.6) is 0 Å². The molecule has 2 fully saturated rings. The maximum Gasteiger partial charge on any atom is 0.306 e. The van der Waals surface area contributed by atoms with Gasteiger partial charge < -0.3 is 21.1 Å². The molecule has 3 rings (SSSR count). The van der Waals surface area contributed by atoms with E-state index in [0.29, 0.717) is 24.9 Å². The van der Waals surface area contributed by atoms with Crippen LogP contribution in [0.4, 0.5) is 0 Å². The second-order valence-corrected chi connectivity index (χ2v) is 7.48. The molecule has 8 nitrogen and oxygen atoms in total. The number of hydrogen-bond acceptors (Lipinski definition) is 5. The fourth-order valence-corrected chi connectivity index (χ4v) is 3.74. The first-order chi connectivity index (χ1) is 13.4. The van der Waals surface area contributed by atoms with Crippen molar-refractivity contribution >= 4 is 23.6 Å². The van der Waals surface area contributed by atoms with E-state index in [1.54, 1.807) is 12.1 Å². The summed E-state index contributed by atoms with van der Waals surface area (Å²) >= 11 is 0. The van der Waals surface area contributed by atoms with Crippen LogP contribution in [0.15, 0.2) is 24.3 Å². The summed E-state index contributed by atoms with van der Waals surface area (Å²) in [6, 6.07) is 7.42. The number of hydrogen-bond donors (Lipinski definition) is 4. The lowest BCUT2D eigenvalue weighted by atomic mass is 10.00. The van der Waals surface area contributed by atoms with E-state index < -0.39 is 0 Å². The predicted molar refractivity (Wildman–Crippen MR) is 103 cm³/mol. The Bertz CT molecular complexity index is 777. The summed E-state index contributed by atoms with van der Waals surface area (Å²) in [6.45, 7) is 0.487. The minimum atomic E-state index is -0.384. The Balaban J connectivity index is 1.39. The van der Waals surface area contributed by atoms with Gasteiger partial charge >= 0.3 is 5.97 Å². The van der Waals surface area contributed by atoms with Crippen LogP contribution in [0.25, 0.3) is 0 Å². The lowest BCUT2D eigenvalue weighted by Crippen LogP contribution is -2.33. The Hall–Kier alpha value is -2.90. The number of nitrogens with two attached hydrogens (primary N) is 1. The minimum Gasteiger partial charge on any atom is -0.469 e. The normalized spacial score (nSPS) is 25.7. The molecule has 1 heterocycles. The average Bonchev–Trinajstić information content (AvgIpc) is 3.41. The molecular weight excluding hydrogens is 360 g/mol. The van der Waals surface area contributed by atoms with Gasteiger partial charge in [-0.2, -0.15) is 0 Å². The first kappa shape index (κ1) is 19.9. The van der Waals surface area contributed by atoms with Crippen LogP contribution < -0.4 is 16.4 Å². The molecule has 1 aliphatic heterocycles. The Kier molecular flexibility index (Phi) is 5.96. The summed E-state index contributed by atoms with van der Waals surface area (Å²) in [5.74, 6) is -0.632. The lowest BCUT2D eigenvalue weighted by Gasteiger charge is -2.11. The molecule has 8 heteroatoms. The van der Waals surface area contributed by atoms with Gasteiger partial charge in [-0.05, 0) is 30.7 Å². The van der Waals surface area contributed by atoms with Gasteiger partial charge in [0.2, 0.25) is 11.8 Å². The van der Waals surface area contributed by atoms with E-state index in [1.165, 1.54) is 7.11 Å². The Morgan fingerprint density at radius 1 is 1.29 bits per heavy atom. The third-order valence-corrected chi connectivity index (χ3v) is 5.50. The van der Waals surface area contributed by atoms with Crippen molar-refractivity contribution in [3.63, 3.8) is 0 Å². The topological polar surface area (TPSA) is 134 Å². The lowest BCUT2D eigenvalue weighted by molar-refractivity contribution is -0.143. The van der Waals surface area contributed by atoms with Gasteiger partial charge in [0, 0.05) is 24.1 Å². The van der Waals surface area contributed by atoms with Crippen LogP contribution >= 0.6 is 0 Å². The zero-order chi connectivity index (χ0) is 20.3. The first-order valence-electron chi connectivity index (χ1n) is 9.48. The minimum absolute atomic E-state index is 0.0241. The summed E-state index contributed by atoms with van der Waals surface area (Å²) in [4.78, 5) is 35.6. The van der Waals surface area contributed by atoms with Gasteiger partial charge in [0.1, 0.15) is 5.84 Å². The molecule has 0 radical (unpaired) electrons. The molecule has 2 unspecified atom stereocenters. The zero-order valence-corrected chi connectivity index (χ0v) is 15.9. The number of amidine groups is 1. The van der Waals surface area contributed by atoms with E-state index in [1.807, 2.05) is 12.1 Å². The first-order valence-corrected chi connectivity index (χ1v) is 9.48. The number of nitrogen functional groups attached to an aromatic ring is 1. The van der Waals surface area contributed by atoms with Crippen molar-refractivity contribution in [2.75, 3.05) is 13.7 Å². The summed E-state index contributed by atoms with van der Waals surface area (Å²) in [7, 11) is 1.31. The fourth-order valence-electron chi connectivity index (χ4n) is 3.74. The van der Waals surface area contributed by atoms with Crippen LogP contribution in [0.3, 0.4) is 0 Å². The molecule has 0 aromatic heterocycles. The van der Waals surface area contributed by atoms with Crippen LogP contribution in [0, 0.1) is 17.2 Å². The van der Waals surface area contributed by atoms with E-state index in [-0.39, 0.29) is 53.8 Å². The highest BCUT2D eigenvalue weighted by molar-refractivity contribution is 5.95. The van der Waals surface area contributed by atoms with Gasteiger partial charge in [0.15, 0.2) is 0 Å². The molecule has 150 valence electrons. The van der Waals surface area contributed by atoms with Gasteiger partial charge in [0.05, 0.1) is 19.4 Å². The van der Waals surface area contributed by atoms with Gasteiger partial charge in [0.25, 0.3) is 0 Å². The molecule has 1 aromatic rings. The standard InChI is InChI=1S/C20H26N4O4/c1-28-17(25)9-13-8-14(24-19(13)26)6-7-23-20(27)16-10-15(16)11-2-4-12(5-3-11)18(21)22/h2-5,13-16H,6-10H2,1H3,(H3,21,22)(H,23,27)(H,24,26)/t13-,14+,15?,16?/m0/s1. The number of carbonyl (C=O) groups is 3. The molecule has 2 aliphatic rings. The second kappa shape index (κ2) is 8.41. The predicted octanol–water partition coefficient (Wildman–Crippen LogP) is 0.648. The monoisotopic (exact) mass is 386 g/mol. The highest BCUT2D eigenvalue weighted by Crippen LogP contribution is 2.47. The summed E-state index contributed by atoms with van der Waals surface area (Å²) < 4.78 is 4.61. The number of methoxy groups -OCH3 is 1. The quantitative estimate of drug-likeness (QED) is 0.296. The van der Waals surface area contributed by atoms with E-state index in [9.17, 15) is 14.4 Å². The third-order valence-electron chi connectivity index (χ3n) is 5.50. The molecular formula is C20H26N4O4. The molecule has 0 bridgehead atoms. The second-order valence-electron chi connectivity index (χ2n) is 7.48. The van der Waals surface area contributed by atoms with Crippen LogP contribution in [-0.2, 0) is 19.1 Å². The number of rotatable bonds is 8. The summed E-state index contributed by atoms with van der Waals surface area (Å²) in [6.07, 6.45) is 2.13. The number of benzene rings is 1. The van der Waals surface area contributed by atoms with Crippen molar-refractivity contribution in [2.24, 2.45) is 17.6 Å². The van der Waals surface area contributed by atoms with Crippen molar-refractivity contribution in [1.29, 1.82) is 5.41 Å². The fraction of sp³-hybridized carbons (Fsp3) is 0.500. The van der Waals surface area contributed by atoms with E-state index in [0.717, 1.165) is 12.0 Å². The van der Waals surface area contributed by atoms with Crippen molar-refractivity contribution in [3.05, 3.63) is 35.4 Å². The third kappa shape index (κ3) is 4.68. The molecule has 1 saturated carbocycles. The Morgan fingerprint density at radius 2 is 2.00 bits per heavy atom. The highest BCUT2D eigenvalue weighted by atomic mass is 16.5. The van der Waals surface area contributed by atoms with Crippen LogP contribution in [0.1, 0.15) is 42.7 Å². The molecule has 28 heavy (non-hydrogen) atoms. The molecule has 1 aliphatic carbocycles. The molecule has 5 N–H and O–H groups in total. The largest absolute Gasteiger partial charge is 0.469 e. The van der Waals surface area contributed by atoms with Gasteiger partial charge in [-0.1, -0.05) is 24.3 Å². The van der Waals surface area contributed by atoms with E-state index in [4.69, 9.17) is 11.1 Å². The zero-order valence-electron chi connectivity index (χ0n) is 15.9. The molecule has 1 aromatic carbocycles. The summed E-state index contributed by atoms with van der Waals surface area (Å²) in [5, 5.41) is 13.2. The average molecular weight is 386 g/mol. The van der Waals surface area contributed by atoms with Gasteiger partial charge in [-0.15, -0.1) is 0 Å². The molecule has 1 saturated heterocycles. The number of amides is 2. The van der Waals surface area contributed by atoms with Gasteiger partial charge in [-0.25, -0.2) is 0 Å². The highest BCUT2D eigenvalue weighted by Gasteiger charge is 2.43. The smallest absolute Gasteiger partial charge is 0.306 e. The van der Waals surface area contributed by atoms with Crippen molar-refractivity contribution in [1.82, 2.24) is 10.6 Å². The maximum absolute atomic E-state index is 12.3. The van der Waals surface area contributed by atoms with Crippen LogP contribution in [-0.4, -0.2) is 43.3 Å². The molecule has 0 spiro atoms. The summed E-state index contributed by atoms with van der Waals surface area (Å²) in [5.41, 5.74) is 7.21.